The first-order valence-electron chi connectivity index (χ1n) is 6.70. The van der Waals surface area contributed by atoms with Crippen molar-refractivity contribution in [3.8, 4) is 11.5 Å². The van der Waals surface area contributed by atoms with E-state index in [1.807, 2.05) is 12.1 Å². The molecule has 0 heterocycles. The van der Waals surface area contributed by atoms with Crippen molar-refractivity contribution in [2.24, 2.45) is 0 Å². The van der Waals surface area contributed by atoms with Crippen LogP contribution in [0, 0.1) is 0 Å². The van der Waals surface area contributed by atoms with Gasteiger partial charge in [-0.15, -0.1) is 0 Å². The van der Waals surface area contributed by atoms with Crippen LogP contribution in [0.5, 0.6) is 11.5 Å². The van der Waals surface area contributed by atoms with Gasteiger partial charge in [0.2, 0.25) is 8.32 Å². The molecule has 0 aliphatic carbocycles. The lowest BCUT2D eigenvalue weighted by molar-refractivity contribution is -0.130. The minimum atomic E-state index is -1.83. The molecule has 4 heteroatoms. The molecule has 0 saturated carbocycles. The number of rotatable bonds is 4. The second-order valence-electron chi connectivity index (χ2n) is 6.50. The number of carbonyl (C=O) groups excluding carboxylic acids is 1. The van der Waals surface area contributed by atoms with Crippen molar-refractivity contribution in [1.82, 2.24) is 0 Å². The predicted molar refractivity (Wildman–Crippen MR) is 84.7 cm³/mol. The second kappa shape index (κ2) is 5.83. The Kier molecular flexibility index (Phi) is 4.81. The van der Waals surface area contributed by atoms with Crippen LogP contribution in [0.25, 0.3) is 0 Å². The molecule has 1 aromatic rings. The lowest BCUT2D eigenvalue weighted by Crippen LogP contribution is -2.43. The largest absolute Gasteiger partial charge is 0.543 e. The first-order valence-corrected chi connectivity index (χ1v) is 9.60. The summed E-state index contributed by atoms with van der Waals surface area (Å²) in [5.41, 5.74) is 0.381. The fraction of sp³-hybridized carbons (Fsp3) is 0.438. The normalized spacial score (nSPS) is 11.9. The van der Waals surface area contributed by atoms with E-state index in [1.54, 1.807) is 19.1 Å². The van der Waals surface area contributed by atoms with Crippen LogP contribution >= 0.6 is 0 Å². The highest BCUT2D eigenvalue weighted by atomic mass is 28.4. The highest BCUT2D eigenvalue weighted by Crippen LogP contribution is 2.37. The number of benzene rings is 1. The average Bonchev–Trinajstić information content (AvgIpc) is 2.29. The zero-order valence-corrected chi connectivity index (χ0v) is 14.2. The molecule has 1 rings (SSSR count). The zero-order chi connectivity index (χ0) is 15.6. The van der Waals surface area contributed by atoms with E-state index in [9.17, 15) is 4.79 Å². The van der Waals surface area contributed by atoms with Crippen LogP contribution in [-0.4, -0.2) is 14.3 Å². The molecule has 0 bridgehead atoms. The minimum absolute atomic E-state index is 0.151. The number of ether oxygens (including phenoxy) is 1. The van der Waals surface area contributed by atoms with Crippen molar-refractivity contribution in [1.29, 1.82) is 0 Å². The van der Waals surface area contributed by atoms with Crippen molar-refractivity contribution in [3.05, 3.63) is 36.4 Å². The first kappa shape index (κ1) is 16.5. The van der Waals surface area contributed by atoms with E-state index in [0.29, 0.717) is 11.3 Å². The Morgan fingerprint density at radius 3 is 1.95 bits per heavy atom. The molecule has 20 heavy (non-hydrogen) atoms. The van der Waals surface area contributed by atoms with Gasteiger partial charge < -0.3 is 9.16 Å². The van der Waals surface area contributed by atoms with Gasteiger partial charge in [0.25, 0.3) is 0 Å². The monoisotopic (exact) mass is 292 g/mol. The van der Waals surface area contributed by atoms with Gasteiger partial charge >= 0.3 is 5.97 Å². The van der Waals surface area contributed by atoms with Gasteiger partial charge in [-0.05, 0) is 49.3 Å². The van der Waals surface area contributed by atoms with Crippen molar-refractivity contribution < 1.29 is 14.0 Å². The Morgan fingerprint density at radius 1 is 1.10 bits per heavy atom. The van der Waals surface area contributed by atoms with Crippen LogP contribution in [0.2, 0.25) is 18.1 Å². The molecule has 0 unspecified atom stereocenters. The molecular weight excluding hydrogens is 268 g/mol. The van der Waals surface area contributed by atoms with E-state index >= 15 is 0 Å². The number of carbonyl (C=O) groups is 1. The molecule has 0 aliphatic heterocycles. The van der Waals surface area contributed by atoms with Gasteiger partial charge in [-0.25, -0.2) is 4.79 Å². The van der Waals surface area contributed by atoms with Crippen LogP contribution < -0.4 is 9.16 Å². The Balaban J connectivity index is 2.78. The van der Waals surface area contributed by atoms with Crippen LogP contribution in [0.3, 0.4) is 0 Å². The summed E-state index contributed by atoms with van der Waals surface area (Å²) in [6.45, 7) is 16.2. The fourth-order valence-corrected chi connectivity index (χ4v) is 2.25. The Bertz CT molecular complexity index is 495. The van der Waals surface area contributed by atoms with Gasteiger partial charge in [-0.2, -0.15) is 0 Å². The second-order valence-corrected chi connectivity index (χ2v) is 11.2. The van der Waals surface area contributed by atoms with E-state index in [2.05, 4.69) is 40.4 Å². The van der Waals surface area contributed by atoms with E-state index in [-0.39, 0.29) is 5.04 Å². The number of hydrogen-bond acceptors (Lipinski definition) is 3. The molecule has 0 spiro atoms. The quantitative estimate of drug-likeness (QED) is 0.353. The van der Waals surface area contributed by atoms with Crippen molar-refractivity contribution in [3.63, 3.8) is 0 Å². The minimum Gasteiger partial charge on any atom is -0.543 e. The van der Waals surface area contributed by atoms with E-state index in [0.717, 1.165) is 5.75 Å². The maximum atomic E-state index is 11.4. The fourth-order valence-electron chi connectivity index (χ4n) is 1.22. The van der Waals surface area contributed by atoms with Crippen molar-refractivity contribution in [2.45, 2.75) is 45.8 Å². The maximum Gasteiger partial charge on any atom is 0.338 e. The highest BCUT2D eigenvalue weighted by molar-refractivity contribution is 6.74. The Hall–Kier alpha value is -1.55. The van der Waals surface area contributed by atoms with Crippen LogP contribution in [0.15, 0.2) is 36.4 Å². The molecule has 0 N–H and O–H groups in total. The summed E-state index contributed by atoms with van der Waals surface area (Å²) in [7, 11) is -1.83. The molecule has 110 valence electrons. The summed E-state index contributed by atoms with van der Waals surface area (Å²) in [6.07, 6.45) is 0. The maximum absolute atomic E-state index is 11.4. The summed E-state index contributed by atoms with van der Waals surface area (Å²) in [5.74, 6) is 0.898. The summed E-state index contributed by atoms with van der Waals surface area (Å²) < 4.78 is 11.3. The molecular formula is C16H24O3Si. The van der Waals surface area contributed by atoms with E-state index in [4.69, 9.17) is 9.16 Å². The molecule has 1 aromatic carbocycles. The number of hydrogen-bond donors (Lipinski definition) is 0. The molecule has 3 nitrogen and oxygen atoms in total. The Morgan fingerprint density at radius 2 is 1.55 bits per heavy atom. The molecule has 0 aliphatic rings. The van der Waals surface area contributed by atoms with Crippen LogP contribution in [0.1, 0.15) is 27.7 Å². The SMILES string of the molecule is C=C(C)C(=O)Oc1ccc(O[Si](C)(C)C(C)(C)C)cc1. The topological polar surface area (TPSA) is 35.5 Å². The molecule has 0 saturated heterocycles. The van der Waals surface area contributed by atoms with Gasteiger partial charge in [0.15, 0.2) is 0 Å². The van der Waals surface area contributed by atoms with Gasteiger partial charge in [-0.1, -0.05) is 27.4 Å². The third-order valence-electron chi connectivity index (χ3n) is 3.56. The highest BCUT2D eigenvalue weighted by Gasteiger charge is 2.38. The molecule has 0 aromatic heterocycles. The molecule has 0 atom stereocenters. The predicted octanol–water partition coefficient (Wildman–Crippen LogP) is 4.55. The zero-order valence-electron chi connectivity index (χ0n) is 13.2. The molecule has 0 radical (unpaired) electrons. The average molecular weight is 292 g/mol. The first-order chi connectivity index (χ1) is 9.03. The van der Waals surface area contributed by atoms with Crippen LogP contribution in [0.4, 0.5) is 0 Å². The van der Waals surface area contributed by atoms with Gasteiger partial charge in [0.1, 0.15) is 11.5 Å². The van der Waals surface area contributed by atoms with Gasteiger partial charge in [-0.3, -0.25) is 0 Å². The summed E-state index contributed by atoms with van der Waals surface area (Å²) in [6, 6.07) is 7.15. The van der Waals surface area contributed by atoms with E-state index < -0.39 is 14.3 Å². The van der Waals surface area contributed by atoms with E-state index in [1.165, 1.54) is 0 Å². The third kappa shape index (κ3) is 4.23. The standard InChI is InChI=1S/C16H24O3Si/c1-12(2)15(17)18-13-8-10-14(11-9-13)19-20(6,7)16(3,4)5/h8-11H,1H2,2-7H3. The molecule has 0 amide bonds. The summed E-state index contributed by atoms with van der Waals surface area (Å²) in [5, 5.41) is 0.151. The van der Waals surface area contributed by atoms with Crippen LogP contribution in [-0.2, 0) is 4.79 Å². The van der Waals surface area contributed by atoms with Crippen molar-refractivity contribution >= 4 is 14.3 Å². The summed E-state index contributed by atoms with van der Waals surface area (Å²) in [4.78, 5) is 11.4. The Labute approximate surface area is 122 Å². The third-order valence-corrected chi connectivity index (χ3v) is 7.92. The van der Waals surface area contributed by atoms with Crippen molar-refractivity contribution in [2.75, 3.05) is 0 Å². The molecule has 0 fully saturated rings. The number of esters is 1. The van der Waals surface area contributed by atoms with Gasteiger partial charge in [0.05, 0.1) is 0 Å². The lowest BCUT2D eigenvalue weighted by atomic mass is 10.2. The lowest BCUT2D eigenvalue weighted by Gasteiger charge is -2.36. The van der Waals surface area contributed by atoms with Gasteiger partial charge in [0, 0.05) is 5.57 Å². The smallest absolute Gasteiger partial charge is 0.338 e. The summed E-state index contributed by atoms with van der Waals surface area (Å²) >= 11 is 0.